The molecule has 2 rings (SSSR count). The van der Waals surface area contributed by atoms with Gasteiger partial charge in [-0.05, 0) is 17.9 Å². The van der Waals surface area contributed by atoms with Crippen LogP contribution in [0.3, 0.4) is 0 Å². The fourth-order valence-corrected chi connectivity index (χ4v) is 2.48. The minimum atomic E-state index is -4.36. The van der Waals surface area contributed by atoms with Crippen LogP contribution in [0.25, 0.3) is 0 Å². The molecule has 0 bridgehead atoms. The van der Waals surface area contributed by atoms with Gasteiger partial charge in [0.1, 0.15) is 16.5 Å². The van der Waals surface area contributed by atoms with Crippen molar-refractivity contribution in [3.05, 3.63) is 29.3 Å². The number of nitrogens with two attached hydrogens (primary N) is 1. The standard InChI is InChI=1S/C12H14F2N2O3S/c1-12(2)5-10(12)16-11(17)6-3-9(20(15,18)19)8(14)4-7(6)13/h3-4,10H,5H2,1-2H3,(H,16,17)(H2,15,18,19). The van der Waals surface area contributed by atoms with Crippen molar-refractivity contribution in [2.45, 2.75) is 31.2 Å². The highest BCUT2D eigenvalue weighted by molar-refractivity contribution is 7.89. The van der Waals surface area contributed by atoms with Crippen molar-refractivity contribution in [2.24, 2.45) is 10.6 Å². The Bertz CT molecular complexity index is 686. The molecule has 20 heavy (non-hydrogen) atoms. The molecule has 0 radical (unpaired) electrons. The molecule has 0 spiro atoms. The lowest BCUT2D eigenvalue weighted by atomic mass is 10.1. The second kappa shape index (κ2) is 4.49. The molecule has 0 aromatic heterocycles. The van der Waals surface area contributed by atoms with Gasteiger partial charge in [0.2, 0.25) is 10.0 Å². The molecule has 110 valence electrons. The van der Waals surface area contributed by atoms with Crippen LogP contribution in [0.2, 0.25) is 0 Å². The summed E-state index contributed by atoms with van der Waals surface area (Å²) in [6.45, 7) is 3.85. The third kappa shape index (κ3) is 2.80. The average Bonchev–Trinajstić information content (AvgIpc) is 2.83. The summed E-state index contributed by atoms with van der Waals surface area (Å²) in [5.74, 6) is -3.25. The van der Waals surface area contributed by atoms with Crippen molar-refractivity contribution in [1.82, 2.24) is 5.32 Å². The number of rotatable bonds is 3. The van der Waals surface area contributed by atoms with Gasteiger partial charge in [-0.2, -0.15) is 0 Å². The number of amides is 1. The lowest BCUT2D eigenvalue weighted by Crippen LogP contribution is -2.29. The molecular weight excluding hydrogens is 290 g/mol. The fourth-order valence-electron chi connectivity index (χ4n) is 1.87. The number of nitrogens with one attached hydrogen (secondary N) is 1. The normalized spacial score (nSPS) is 20.6. The number of hydrogen-bond donors (Lipinski definition) is 2. The quantitative estimate of drug-likeness (QED) is 0.877. The van der Waals surface area contributed by atoms with Crippen LogP contribution >= 0.6 is 0 Å². The second-order valence-corrected chi connectivity index (χ2v) is 7.06. The van der Waals surface area contributed by atoms with Crippen LogP contribution in [-0.2, 0) is 10.0 Å². The molecule has 1 unspecified atom stereocenters. The van der Waals surface area contributed by atoms with Crippen molar-refractivity contribution in [1.29, 1.82) is 0 Å². The highest BCUT2D eigenvalue weighted by Crippen LogP contribution is 2.44. The monoisotopic (exact) mass is 304 g/mol. The zero-order valence-corrected chi connectivity index (χ0v) is 11.7. The van der Waals surface area contributed by atoms with Crippen molar-refractivity contribution in [3.8, 4) is 0 Å². The van der Waals surface area contributed by atoms with Crippen LogP contribution in [-0.4, -0.2) is 20.4 Å². The lowest BCUT2D eigenvalue weighted by Gasteiger charge is -2.09. The number of halogens is 2. The van der Waals surface area contributed by atoms with Crippen molar-refractivity contribution >= 4 is 15.9 Å². The number of primary sulfonamides is 1. The first-order valence-electron chi connectivity index (χ1n) is 5.85. The summed E-state index contributed by atoms with van der Waals surface area (Å²) >= 11 is 0. The zero-order chi connectivity index (χ0) is 15.3. The molecule has 1 aromatic rings. The van der Waals surface area contributed by atoms with E-state index in [2.05, 4.69) is 5.32 Å². The van der Waals surface area contributed by atoms with Crippen LogP contribution in [0.1, 0.15) is 30.6 Å². The zero-order valence-electron chi connectivity index (χ0n) is 10.9. The summed E-state index contributed by atoms with van der Waals surface area (Å²) in [7, 11) is -4.36. The Morgan fingerprint density at radius 1 is 1.35 bits per heavy atom. The van der Waals surface area contributed by atoms with Crippen molar-refractivity contribution in [3.63, 3.8) is 0 Å². The lowest BCUT2D eigenvalue weighted by molar-refractivity contribution is 0.0942. The summed E-state index contributed by atoms with van der Waals surface area (Å²) in [6.07, 6.45) is 0.740. The van der Waals surface area contributed by atoms with E-state index in [1.807, 2.05) is 13.8 Å². The van der Waals surface area contributed by atoms with E-state index in [-0.39, 0.29) is 11.5 Å². The second-order valence-electron chi connectivity index (χ2n) is 5.53. The molecule has 0 heterocycles. The Hall–Kier alpha value is -1.54. The van der Waals surface area contributed by atoms with Crippen LogP contribution in [0.15, 0.2) is 17.0 Å². The molecule has 1 aliphatic rings. The molecule has 1 amide bonds. The molecule has 1 aliphatic carbocycles. The Morgan fingerprint density at radius 3 is 2.35 bits per heavy atom. The van der Waals surface area contributed by atoms with E-state index in [1.165, 1.54) is 0 Å². The van der Waals surface area contributed by atoms with Crippen LogP contribution in [0.5, 0.6) is 0 Å². The van der Waals surface area contributed by atoms with Gasteiger partial charge in [-0.15, -0.1) is 0 Å². The maximum absolute atomic E-state index is 13.6. The van der Waals surface area contributed by atoms with E-state index in [0.717, 1.165) is 6.42 Å². The molecular formula is C12H14F2N2O3S. The largest absolute Gasteiger partial charge is 0.349 e. The number of sulfonamides is 1. The third-order valence-electron chi connectivity index (χ3n) is 3.39. The highest BCUT2D eigenvalue weighted by Gasteiger charge is 2.46. The molecule has 0 saturated heterocycles. The molecule has 1 saturated carbocycles. The van der Waals surface area contributed by atoms with Gasteiger partial charge in [-0.3, -0.25) is 4.79 Å². The highest BCUT2D eigenvalue weighted by atomic mass is 32.2. The summed E-state index contributed by atoms with van der Waals surface area (Å²) < 4.78 is 49.3. The maximum Gasteiger partial charge on any atom is 0.254 e. The minimum absolute atomic E-state index is 0.0745. The van der Waals surface area contributed by atoms with Gasteiger partial charge in [0.15, 0.2) is 0 Å². The van der Waals surface area contributed by atoms with E-state index >= 15 is 0 Å². The Balaban J connectivity index is 2.34. The van der Waals surface area contributed by atoms with Gasteiger partial charge in [0.25, 0.3) is 5.91 Å². The van der Waals surface area contributed by atoms with Crippen LogP contribution < -0.4 is 10.5 Å². The SMILES string of the molecule is CC1(C)CC1NC(=O)c1cc(S(N)(=O)=O)c(F)cc1F. The van der Waals surface area contributed by atoms with E-state index in [4.69, 9.17) is 5.14 Å². The predicted molar refractivity (Wildman–Crippen MR) is 67.4 cm³/mol. The summed E-state index contributed by atoms with van der Waals surface area (Å²) in [5, 5.41) is 7.37. The first-order chi connectivity index (χ1) is 9.02. The number of benzene rings is 1. The summed E-state index contributed by atoms with van der Waals surface area (Å²) in [5.41, 5.74) is -0.618. The Kier molecular flexibility index (Phi) is 3.34. The Morgan fingerprint density at radius 2 is 1.90 bits per heavy atom. The van der Waals surface area contributed by atoms with Crippen LogP contribution in [0, 0.1) is 17.0 Å². The summed E-state index contributed by atoms with van der Waals surface area (Å²) in [6, 6.07) is 0.842. The minimum Gasteiger partial charge on any atom is -0.349 e. The van der Waals surface area contributed by atoms with Gasteiger partial charge in [-0.25, -0.2) is 22.3 Å². The average molecular weight is 304 g/mol. The predicted octanol–water partition coefficient (Wildman–Crippen LogP) is 1.14. The Labute approximate surface area is 115 Å². The molecule has 8 heteroatoms. The van der Waals surface area contributed by atoms with E-state index < -0.39 is 38.0 Å². The number of hydrogen-bond acceptors (Lipinski definition) is 3. The molecule has 5 nitrogen and oxygen atoms in total. The van der Waals surface area contributed by atoms with Crippen molar-refractivity contribution < 1.29 is 22.0 Å². The fraction of sp³-hybridized carbons (Fsp3) is 0.417. The third-order valence-corrected chi connectivity index (χ3v) is 4.32. The first-order valence-corrected chi connectivity index (χ1v) is 7.40. The molecule has 3 N–H and O–H groups in total. The number of carbonyl (C=O) groups excluding carboxylic acids is 1. The molecule has 0 aliphatic heterocycles. The first kappa shape index (κ1) is 14.9. The molecule has 1 fully saturated rings. The van der Waals surface area contributed by atoms with Gasteiger partial charge < -0.3 is 5.32 Å². The van der Waals surface area contributed by atoms with E-state index in [0.29, 0.717) is 12.1 Å². The molecule has 1 aromatic carbocycles. The van der Waals surface area contributed by atoms with Crippen molar-refractivity contribution in [2.75, 3.05) is 0 Å². The number of carbonyl (C=O) groups is 1. The van der Waals surface area contributed by atoms with Gasteiger partial charge in [-0.1, -0.05) is 13.8 Å². The van der Waals surface area contributed by atoms with Crippen LogP contribution in [0.4, 0.5) is 8.78 Å². The van der Waals surface area contributed by atoms with Gasteiger partial charge in [0.05, 0.1) is 5.56 Å². The van der Waals surface area contributed by atoms with Gasteiger partial charge in [0, 0.05) is 12.1 Å². The topological polar surface area (TPSA) is 89.3 Å². The molecule has 1 atom stereocenters. The van der Waals surface area contributed by atoms with E-state index in [1.54, 1.807) is 0 Å². The van der Waals surface area contributed by atoms with E-state index in [9.17, 15) is 22.0 Å². The maximum atomic E-state index is 13.6. The smallest absolute Gasteiger partial charge is 0.254 e. The summed E-state index contributed by atoms with van der Waals surface area (Å²) in [4.78, 5) is 11.0. The van der Waals surface area contributed by atoms with Gasteiger partial charge >= 0.3 is 0 Å².